The summed E-state index contributed by atoms with van der Waals surface area (Å²) in [5.41, 5.74) is 0. The van der Waals surface area contributed by atoms with Gasteiger partial charge in [0.25, 0.3) is 0 Å². The Hall–Kier alpha value is 1.15. The van der Waals surface area contributed by atoms with Crippen LogP contribution in [0.25, 0.3) is 0 Å². The molecule has 0 saturated carbocycles. The third-order valence-corrected chi connectivity index (χ3v) is 1.79. The van der Waals surface area contributed by atoms with Crippen LogP contribution in [0.4, 0.5) is 0 Å². The van der Waals surface area contributed by atoms with E-state index in [1.165, 1.54) is 0 Å². The van der Waals surface area contributed by atoms with Crippen LogP contribution in [0.2, 0.25) is 0 Å². The van der Waals surface area contributed by atoms with Gasteiger partial charge in [-0.3, -0.25) is 0 Å². The Balaban J connectivity index is 0. The average molecular weight is 143 g/mol. The molecule has 0 aromatic carbocycles. The van der Waals surface area contributed by atoms with E-state index in [1.54, 1.807) is 0 Å². The predicted octanol–water partition coefficient (Wildman–Crippen LogP) is 0.971. The van der Waals surface area contributed by atoms with E-state index in [0.29, 0.717) is 16.8 Å². The van der Waals surface area contributed by atoms with Crippen molar-refractivity contribution in [3.05, 3.63) is 0 Å². The van der Waals surface area contributed by atoms with Crippen LogP contribution < -0.4 is 0 Å². The van der Waals surface area contributed by atoms with Gasteiger partial charge in [-0.15, -0.1) is 0 Å². The molecule has 0 rings (SSSR count). The molecule has 0 aromatic heterocycles. The number of hydrogen-bond acceptors (Lipinski definition) is 1. The zero-order valence-electron chi connectivity index (χ0n) is 8.18. The van der Waals surface area contributed by atoms with Crippen molar-refractivity contribution in [3.8, 4) is 0 Å². The van der Waals surface area contributed by atoms with Crippen LogP contribution in [-0.2, 0) is 0 Å². The first-order chi connectivity index (χ1) is 4.46. The monoisotopic (exact) mass is 143 g/mol. The molecule has 0 aliphatic heterocycles. The maximum atomic E-state index is 2.50. The molecule has 0 saturated heterocycles. The fourth-order valence-corrected chi connectivity index (χ4v) is 1.79. The predicted molar refractivity (Wildman–Crippen MR) is 54.5 cm³/mol. The van der Waals surface area contributed by atoms with Gasteiger partial charge in [0.05, 0.1) is 0 Å². The zero-order chi connectivity index (χ0) is 8.31. The molecule has 1 atom stereocenters. The Bertz CT molecular complexity index is 73.1. The Morgan fingerprint density at radius 2 is 1.18 bits per heavy atom. The second kappa shape index (κ2) is 6.65. The fourth-order valence-electron chi connectivity index (χ4n) is 1.79. The molecular weight excluding hydrogens is 124 g/mol. The topological polar surface area (TPSA) is 3.24 Å². The molecule has 0 spiro atoms. The fraction of sp³-hybridized carbons (Fsp3) is 1.00. The van der Waals surface area contributed by atoms with E-state index in [-0.39, 0.29) is 18.9 Å². The Kier molecular flexibility index (Phi) is 8.86. The van der Waals surface area contributed by atoms with Crippen molar-refractivity contribution in [3.63, 3.8) is 0 Å². The summed E-state index contributed by atoms with van der Waals surface area (Å²) in [6, 6.07) is 1.33. The van der Waals surface area contributed by atoms with Crippen LogP contribution in [-0.4, -0.2) is 58.3 Å². The molecule has 0 fully saturated rings. The van der Waals surface area contributed by atoms with Crippen molar-refractivity contribution in [2.45, 2.75) is 51.4 Å². The summed E-state index contributed by atoms with van der Waals surface area (Å²) in [7, 11) is 0. The molecule has 3 heteroatoms. The molecule has 11 heavy (non-hydrogen) atoms. The normalized spacial score (nSPS) is 14.0. The van der Waals surface area contributed by atoms with Gasteiger partial charge in [0.2, 0.25) is 0 Å². The van der Waals surface area contributed by atoms with Gasteiger partial charge < -0.3 is 0 Å². The van der Waals surface area contributed by atoms with Gasteiger partial charge in [0, 0.05) is 0 Å². The summed E-state index contributed by atoms with van der Waals surface area (Å²) in [4.78, 5) is 2.50. The van der Waals surface area contributed by atoms with E-state index in [1.807, 2.05) is 0 Å². The van der Waals surface area contributed by atoms with Crippen molar-refractivity contribution in [1.82, 2.24) is 4.90 Å². The molecule has 0 bridgehead atoms. The molecule has 58 valence electrons. The number of rotatable bonds is 3. The van der Waals surface area contributed by atoms with Crippen LogP contribution in [0.15, 0.2) is 0 Å². The Labute approximate surface area is 92.7 Å². The minimum absolute atomic E-state index is 0. The van der Waals surface area contributed by atoms with Crippen molar-refractivity contribution in [2.24, 2.45) is 0 Å². The van der Waals surface area contributed by atoms with E-state index in [9.17, 15) is 0 Å². The van der Waals surface area contributed by atoms with Gasteiger partial charge in [-0.2, -0.15) is 0 Å². The van der Waals surface area contributed by atoms with Crippen LogP contribution >= 0.6 is 0 Å². The first-order valence-corrected chi connectivity index (χ1v) is 4.24. The Morgan fingerprint density at radius 3 is 1.18 bits per heavy atom. The maximum absolute atomic E-state index is 2.50. The molecule has 0 radical (unpaired) electrons. The van der Waals surface area contributed by atoms with Gasteiger partial charge in [-0.1, -0.05) is 0 Å². The molecular formula is C8H19Li2N. The molecule has 1 nitrogen and oxygen atoms in total. The van der Waals surface area contributed by atoms with Crippen molar-refractivity contribution in [2.75, 3.05) is 0 Å². The molecule has 0 aliphatic carbocycles. The van der Waals surface area contributed by atoms with E-state index < -0.39 is 0 Å². The summed E-state index contributed by atoms with van der Waals surface area (Å²) >= 11 is 2.25. The third-order valence-electron chi connectivity index (χ3n) is 1.79. The van der Waals surface area contributed by atoms with Gasteiger partial charge in [-0.05, 0) is 0 Å². The van der Waals surface area contributed by atoms with E-state index in [0.717, 1.165) is 0 Å². The van der Waals surface area contributed by atoms with E-state index >= 15 is 0 Å². The summed E-state index contributed by atoms with van der Waals surface area (Å²) in [6.07, 6.45) is 0. The second-order valence-electron chi connectivity index (χ2n) is 3.73. The van der Waals surface area contributed by atoms with Gasteiger partial charge >= 0.3 is 92.9 Å². The summed E-state index contributed by atoms with van der Waals surface area (Å²) in [5, 5.41) is 0. The SMILES string of the molecule is [LiH].[Li][CH](C)N(C(C)C)C(C)C. The first-order valence-electron chi connectivity index (χ1n) is 4.24. The molecule has 0 aliphatic rings. The number of nitrogens with zero attached hydrogens (tertiary/aromatic N) is 1. The van der Waals surface area contributed by atoms with E-state index in [4.69, 9.17) is 0 Å². The van der Waals surface area contributed by atoms with Gasteiger partial charge in [-0.25, -0.2) is 0 Å². The van der Waals surface area contributed by atoms with Crippen LogP contribution in [0.1, 0.15) is 34.6 Å². The molecule has 0 aromatic rings. The van der Waals surface area contributed by atoms with Crippen LogP contribution in [0.3, 0.4) is 0 Å². The van der Waals surface area contributed by atoms with Crippen molar-refractivity contribution < 1.29 is 0 Å². The standard InChI is InChI=1S/C8H18N.2Li.H/c1-6-9(7(2)3)8(4)5;;;/h6-8H,1-5H3;;;. The first kappa shape index (κ1) is 14.7. The molecule has 0 heterocycles. The van der Waals surface area contributed by atoms with E-state index in [2.05, 4.69) is 57.2 Å². The third kappa shape index (κ3) is 5.40. The van der Waals surface area contributed by atoms with Crippen molar-refractivity contribution >= 4 is 36.6 Å². The summed E-state index contributed by atoms with van der Waals surface area (Å²) in [6.45, 7) is 11.2. The molecule has 1 unspecified atom stereocenters. The van der Waals surface area contributed by atoms with Crippen molar-refractivity contribution in [1.29, 1.82) is 0 Å². The minimum atomic E-state index is 0. The quantitative estimate of drug-likeness (QED) is 0.532. The Morgan fingerprint density at radius 1 is 0.909 bits per heavy atom. The second-order valence-corrected chi connectivity index (χ2v) is 3.73. The van der Waals surface area contributed by atoms with Gasteiger partial charge in [0.15, 0.2) is 0 Å². The molecule has 0 N–H and O–H groups in total. The summed E-state index contributed by atoms with van der Waals surface area (Å²) in [5.74, 6) is 0. The zero-order valence-corrected chi connectivity index (χ0v) is 8.18. The van der Waals surface area contributed by atoms with Crippen LogP contribution in [0.5, 0.6) is 0 Å². The average Bonchev–Trinajstić information content (AvgIpc) is 1.59. The molecule has 0 amide bonds. The number of hydrogen-bond donors (Lipinski definition) is 0. The van der Waals surface area contributed by atoms with Gasteiger partial charge in [0.1, 0.15) is 0 Å². The van der Waals surface area contributed by atoms with Crippen LogP contribution in [0, 0.1) is 0 Å². The summed E-state index contributed by atoms with van der Waals surface area (Å²) < 4.78 is 0.667.